The van der Waals surface area contributed by atoms with Crippen LogP contribution in [0.25, 0.3) is 0 Å². The highest BCUT2D eigenvalue weighted by Gasteiger charge is 2.21. The van der Waals surface area contributed by atoms with Gasteiger partial charge >= 0.3 is 0 Å². The van der Waals surface area contributed by atoms with Crippen LogP contribution in [0.2, 0.25) is 0 Å². The lowest BCUT2D eigenvalue weighted by molar-refractivity contribution is 0.249. The maximum Gasteiger partial charge on any atom is 0.227 e. The van der Waals surface area contributed by atoms with Gasteiger partial charge in [-0.2, -0.15) is 4.98 Å². The van der Waals surface area contributed by atoms with Crippen molar-refractivity contribution in [1.29, 1.82) is 0 Å². The first-order chi connectivity index (χ1) is 12.3. The molecule has 0 saturated carbocycles. The topological polar surface area (TPSA) is 35.5 Å². The van der Waals surface area contributed by atoms with E-state index in [2.05, 4.69) is 63.0 Å². The van der Waals surface area contributed by atoms with Crippen LogP contribution in [0.5, 0.6) is 0 Å². The number of rotatable bonds is 4. The number of benzene rings is 1. The van der Waals surface area contributed by atoms with Crippen molar-refractivity contribution < 1.29 is 0 Å². The molecule has 2 aliphatic heterocycles. The quantitative estimate of drug-likeness (QED) is 0.857. The van der Waals surface area contributed by atoms with E-state index in [4.69, 9.17) is 4.98 Å². The minimum absolute atomic E-state index is 0.916. The van der Waals surface area contributed by atoms with Gasteiger partial charge in [0.15, 0.2) is 0 Å². The number of hydrogen-bond acceptors (Lipinski definition) is 5. The lowest BCUT2D eigenvalue weighted by Crippen LogP contribution is -2.46. The van der Waals surface area contributed by atoms with Crippen LogP contribution in [0.3, 0.4) is 0 Å². The number of aryl methyl sites for hydroxylation is 1. The van der Waals surface area contributed by atoms with Gasteiger partial charge in [0.05, 0.1) is 0 Å². The Labute approximate surface area is 150 Å². The summed E-state index contributed by atoms with van der Waals surface area (Å²) in [6.07, 6.45) is 2.51. The molecule has 0 bridgehead atoms. The Morgan fingerprint density at radius 1 is 0.840 bits per heavy atom. The van der Waals surface area contributed by atoms with Crippen LogP contribution in [0.1, 0.15) is 24.1 Å². The lowest BCUT2D eigenvalue weighted by Gasteiger charge is -2.35. The number of hydrogen-bond donors (Lipinski definition) is 0. The van der Waals surface area contributed by atoms with Gasteiger partial charge in [-0.25, -0.2) is 4.98 Å². The van der Waals surface area contributed by atoms with Crippen LogP contribution in [0, 0.1) is 6.92 Å². The molecule has 132 valence electrons. The zero-order valence-electron chi connectivity index (χ0n) is 15.1. The zero-order valence-corrected chi connectivity index (χ0v) is 15.1. The summed E-state index contributed by atoms with van der Waals surface area (Å²) in [4.78, 5) is 16.8. The van der Waals surface area contributed by atoms with E-state index >= 15 is 0 Å². The normalized spacial score (nSPS) is 18.8. The van der Waals surface area contributed by atoms with Crippen LogP contribution < -0.4 is 9.80 Å². The molecule has 25 heavy (non-hydrogen) atoms. The molecule has 5 heteroatoms. The van der Waals surface area contributed by atoms with E-state index in [0.29, 0.717) is 0 Å². The Kier molecular flexibility index (Phi) is 4.83. The molecule has 0 atom stereocenters. The predicted molar refractivity (Wildman–Crippen MR) is 102 cm³/mol. The van der Waals surface area contributed by atoms with E-state index in [1.54, 1.807) is 0 Å². The summed E-state index contributed by atoms with van der Waals surface area (Å²) in [6.45, 7) is 9.52. The molecule has 5 nitrogen and oxygen atoms in total. The highest BCUT2D eigenvalue weighted by molar-refractivity contribution is 5.46. The number of piperazine rings is 1. The largest absolute Gasteiger partial charge is 0.354 e. The summed E-state index contributed by atoms with van der Waals surface area (Å²) in [5.74, 6) is 2.01. The summed E-state index contributed by atoms with van der Waals surface area (Å²) in [6, 6.07) is 12.9. The number of nitrogens with zero attached hydrogens (tertiary/aromatic N) is 5. The van der Waals surface area contributed by atoms with Gasteiger partial charge in [0.2, 0.25) is 5.95 Å². The van der Waals surface area contributed by atoms with E-state index < -0.39 is 0 Å². The van der Waals surface area contributed by atoms with Crippen LogP contribution in [0.4, 0.5) is 11.8 Å². The average molecular weight is 337 g/mol. The molecule has 1 aromatic carbocycles. The minimum atomic E-state index is 0.916. The maximum absolute atomic E-state index is 4.87. The van der Waals surface area contributed by atoms with E-state index in [9.17, 15) is 0 Å². The van der Waals surface area contributed by atoms with Gasteiger partial charge in [0, 0.05) is 57.6 Å². The summed E-state index contributed by atoms with van der Waals surface area (Å²) in [7, 11) is 0. The highest BCUT2D eigenvalue weighted by atomic mass is 15.3. The minimum Gasteiger partial charge on any atom is -0.354 e. The maximum atomic E-state index is 4.87. The second kappa shape index (κ2) is 7.40. The smallest absolute Gasteiger partial charge is 0.227 e. The van der Waals surface area contributed by atoms with Crippen LogP contribution in [-0.2, 0) is 6.54 Å². The van der Waals surface area contributed by atoms with E-state index in [1.165, 1.54) is 18.4 Å². The monoisotopic (exact) mass is 337 g/mol. The third kappa shape index (κ3) is 3.93. The Hall–Kier alpha value is -2.14. The molecule has 2 fully saturated rings. The molecule has 2 saturated heterocycles. The van der Waals surface area contributed by atoms with Crippen molar-refractivity contribution in [2.24, 2.45) is 0 Å². The first kappa shape index (κ1) is 16.3. The molecular formula is C20H27N5. The molecule has 3 heterocycles. The van der Waals surface area contributed by atoms with Gasteiger partial charge in [-0.1, -0.05) is 30.3 Å². The first-order valence-corrected chi connectivity index (χ1v) is 9.40. The van der Waals surface area contributed by atoms with Gasteiger partial charge in [-0.15, -0.1) is 0 Å². The Bertz CT molecular complexity index is 688. The SMILES string of the molecule is Cc1cc(N2CCN(Cc3ccccc3)CC2)nc(N2CCCC2)n1. The Balaban J connectivity index is 1.40. The van der Waals surface area contributed by atoms with Crippen molar-refractivity contribution >= 4 is 11.8 Å². The average Bonchev–Trinajstić information content (AvgIpc) is 3.17. The standard InChI is InChI=1S/C20H27N5/c1-17-15-19(22-20(21-17)25-9-5-6-10-25)24-13-11-23(12-14-24)16-18-7-3-2-4-8-18/h2-4,7-8,15H,5-6,9-14,16H2,1H3. The molecule has 0 N–H and O–H groups in total. The molecule has 2 aromatic rings. The van der Waals surface area contributed by atoms with Crippen molar-refractivity contribution in [2.75, 3.05) is 49.1 Å². The van der Waals surface area contributed by atoms with Crippen LogP contribution >= 0.6 is 0 Å². The molecule has 0 aliphatic carbocycles. The molecule has 4 rings (SSSR count). The third-order valence-electron chi connectivity index (χ3n) is 5.16. The number of aromatic nitrogens is 2. The molecule has 0 unspecified atom stereocenters. The van der Waals surface area contributed by atoms with E-state index in [1.807, 2.05) is 0 Å². The molecule has 0 radical (unpaired) electrons. The summed E-state index contributed by atoms with van der Waals surface area (Å²) >= 11 is 0. The fourth-order valence-corrected chi connectivity index (χ4v) is 3.73. The van der Waals surface area contributed by atoms with Crippen molar-refractivity contribution in [3.63, 3.8) is 0 Å². The van der Waals surface area contributed by atoms with Crippen molar-refractivity contribution in [3.05, 3.63) is 47.7 Å². The van der Waals surface area contributed by atoms with E-state index in [-0.39, 0.29) is 0 Å². The van der Waals surface area contributed by atoms with Crippen molar-refractivity contribution in [2.45, 2.75) is 26.3 Å². The third-order valence-corrected chi connectivity index (χ3v) is 5.16. The fraction of sp³-hybridized carbons (Fsp3) is 0.500. The zero-order chi connectivity index (χ0) is 17.1. The summed E-state index contributed by atoms with van der Waals surface area (Å²) in [5, 5.41) is 0. The molecule has 0 spiro atoms. The van der Waals surface area contributed by atoms with E-state index in [0.717, 1.165) is 63.3 Å². The molecular weight excluding hydrogens is 310 g/mol. The second-order valence-electron chi connectivity index (χ2n) is 7.11. The number of anilines is 2. The fourth-order valence-electron chi connectivity index (χ4n) is 3.73. The van der Waals surface area contributed by atoms with Gasteiger partial charge in [0.25, 0.3) is 0 Å². The highest BCUT2D eigenvalue weighted by Crippen LogP contribution is 2.22. The Morgan fingerprint density at radius 3 is 2.28 bits per heavy atom. The molecule has 0 amide bonds. The summed E-state index contributed by atoms with van der Waals surface area (Å²) < 4.78 is 0. The molecule has 2 aliphatic rings. The van der Waals surface area contributed by atoms with Gasteiger partial charge in [-0.05, 0) is 25.3 Å². The van der Waals surface area contributed by atoms with Gasteiger partial charge in [-0.3, -0.25) is 4.90 Å². The van der Waals surface area contributed by atoms with Gasteiger partial charge < -0.3 is 9.80 Å². The van der Waals surface area contributed by atoms with Crippen LogP contribution in [0.15, 0.2) is 36.4 Å². The van der Waals surface area contributed by atoms with Crippen LogP contribution in [-0.4, -0.2) is 54.1 Å². The lowest BCUT2D eigenvalue weighted by atomic mass is 10.2. The first-order valence-electron chi connectivity index (χ1n) is 9.40. The molecule has 1 aromatic heterocycles. The second-order valence-corrected chi connectivity index (χ2v) is 7.11. The van der Waals surface area contributed by atoms with Crippen molar-refractivity contribution in [1.82, 2.24) is 14.9 Å². The predicted octanol–water partition coefficient (Wildman–Crippen LogP) is 2.71. The van der Waals surface area contributed by atoms with Gasteiger partial charge in [0.1, 0.15) is 5.82 Å². The summed E-state index contributed by atoms with van der Waals surface area (Å²) in [5.41, 5.74) is 2.46. The van der Waals surface area contributed by atoms with Crippen molar-refractivity contribution in [3.8, 4) is 0 Å². The Morgan fingerprint density at radius 2 is 1.56 bits per heavy atom.